The number of thioether (sulfide) groups is 1. The summed E-state index contributed by atoms with van der Waals surface area (Å²) in [7, 11) is 0. The van der Waals surface area contributed by atoms with Crippen LogP contribution in [0.1, 0.15) is 56.9 Å². The Morgan fingerprint density at radius 3 is 2.81 bits per heavy atom. The van der Waals surface area contributed by atoms with E-state index >= 15 is 0 Å². The lowest BCUT2D eigenvalue weighted by molar-refractivity contribution is -0.118. The fourth-order valence-electron chi connectivity index (χ4n) is 2.75. The van der Waals surface area contributed by atoms with Crippen LogP contribution in [0.5, 0.6) is 0 Å². The lowest BCUT2D eigenvalue weighted by atomic mass is 9.98. The first-order valence-corrected chi connectivity index (χ1v) is 11.2. The number of nitrogens with one attached hydrogen (secondary N) is 2. The Balaban J connectivity index is 2.07. The van der Waals surface area contributed by atoms with Crippen molar-refractivity contribution >= 4 is 39.2 Å². The monoisotopic (exact) mass is 395 g/mol. The average Bonchev–Trinajstić information content (AvgIpc) is 2.92. The van der Waals surface area contributed by atoms with Crippen molar-refractivity contribution in [3.8, 4) is 0 Å². The number of fused-ring (bicyclic) bond motifs is 1. The van der Waals surface area contributed by atoms with E-state index in [9.17, 15) is 9.59 Å². The molecule has 0 bridgehead atoms. The number of unbranched alkanes of at least 4 members (excludes halogenated alkanes) is 2. The van der Waals surface area contributed by atoms with Gasteiger partial charge in [-0.25, -0.2) is 4.98 Å². The van der Waals surface area contributed by atoms with E-state index < -0.39 is 0 Å². The fraction of sp³-hybridized carbons (Fsp3) is 0.632. The maximum atomic E-state index is 12.6. The van der Waals surface area contributed by atoms with Crippen molar-refractivity contribution in [2.75, 3.05) is 12.3 Å². The van der Waals surface area contributed by atoms with Crippen molar-refractivity contribution in [1.29, 1.82) is 0 Å². The molecule has 0 fully saturated rings. The minimum Gasteiger partial charge on any atom is -0.355 e. The topological polar surface area (TPSA) is 74.8 Å². The molecule has 0 radical (unpaired) electrons. The van der Waals surface area contributed by atoms with Crippen molar-refractivity contribution in [2.45, 2.75) is 65.0 Å². The van der Waals surface area contributed by atoms with Gasteiger partial charge in [0.1, 0.15) is 4.83 Å². The Hall–Kier alpha value is -1.34. The number of aromatic amines is 1. The van der Waals surface area contributed by atoms with Gasteiger partial charge in [-0.15, -0.1) is 11.3 Å². The number of aromatic nitrogens is 2. The Morgan fingerprint density at radius 2 is 2.12 bits per heavy atom. The SMILES string of the molecule is CCCCCNC(=O)CSc1nc2sc(C)c(CC(C)CC)c2c(=O)[nH]1. The molecule has 26 heavy (non-hydrogen) atoms. The van der Waals surface area contributed by atoms with Gasteiger partial charge in [-0.3, -0.25) is 9.59 Å². The molecule has 5 nitrogen and oxygen atoms in total. The Bertz CT molecular complexity index is 798. The summed E-state index contributed by atoms with van der Waals surface area (Å²) in [5, 5.41) is 4.14. The maximum Gasteiger partial charge on any atom is 0.260 e. The second-order valence-corrected chi connectivity index (χ2v) is 8.92. The summed E-state index contributed by atoms with van der Waals surface area (Å²) >= 11 is 2.85. The highest BCUT2D eigenvalue weighted by Crippen LogP contribution is 2.30. The summed E-state index contributed by atoms with van der Waals surface area (Å²) in [6, 6.07) is 0. The molecule has 1 atom stereocenters. The van der Waals surface area contributed by atoms with Crippen LogP contribution in [0.25, 0.3) is 10.2 Å². The number of rotatable bonds is 10. The first-order valence-electron chi connectivity index (χ1n) is 9.38. The van der Waals surface area contributed by atoms with Gasteiger partial charge in [0.15, 0.2) is 5.16 Å². The predicted molar refractivity (Wildman–Crippen MR) is 111 cm³/mol. The van der Waals surface area contributed by atoms with Gasteiger partial charge in [0, 0.05) is 11.4 Å². The number of amides is 1. The van der Waals surface area contributed by atoms with Crippen molar-refractivity contribution in [2.24, 2.45) is 5.92 Å². The number of hydrogen-bond acceptors (Lipinski definition) is 5. The molecule has 2 rings (SSSR count). The van der Waals surface area contributed by atoms with E-state index in [0.29, 0.717) is 17.6 Å². The molecule has 1 amide bonds. The van der Waals surface area contributed by atoms with Crippen LogP contribution in [0.3, 0.4) is 0 Å². The lowest BCUT2D eigenvalue weighted by Crippen LogP contribution is -2.26. The van der Waals surface area contributed by atoms with Crippen molar-refractivity contribution < 1.29 is 4.79 Å². The average molecular weight is 396 g/mol. The van der Waals surface area contributed by atoms with Gasteiger partial charge >= 0.3 is 0 Å². The van der Waals surface area contributed by atoms with Crippen LogP contribution in [0.2, 0.25) is 0 Å². The minimum absolute atomic E-state index is 0.0198. The summed E-state index contributed by atoms with van der Waals surface area (Å²) in [6.45, 7) is 9.27. The molecule has 7 heteroatoms. The van der Waals surface area contributed by atoms with Gasteiger partial charge in [0.05, 0.1) is 11.1 Å². The van der Waals surface area contributed by atoms with Crippen LogP contribution in [0, 0.1) is 12.8 Å². The number of carbonyl (C=O) groups is 1. The van der Waals surface area contributed by atoms with Crippen LogP contribution in [-0.4, -0.2) is 28.2 Å². The van der Waals surface area contributed by atoms with Crippen molar-refractivity contribution in [3.05, 3.63) is 20.8 Å². The summed E-state index contributed by atoms with van der Waals surface area (Å²) in [5.74, 6) is 0.787. The third-order valence-corrected chi connectivity index (χ3v) is 6.45. The van der Waals surface area contributed by atoms with Crippen molar-refractivity contribution in [1.82, 2.24) is 15.3 Å². The minimum atomic E-state index is -0.0940. The zero-order valence-corrected chi connectivity index (χ0v) is 17.7. The predicted octanol–water partition coefficient (Wildman–Crippen LogP) is 4.28. The smallest absolute Gasteiger partial charge is 0.260 e. The van der Waals surface area contributed by atoms with Gasteiger partial charge in [-0.05, 0) is 31.2 Å². The van der Waals surface area contributed by atoms with Crippen LogP contribution >= 0.6 is 23.1 Å². The molecule has 2 aromatic rings. The zero-order chi connectivity index (χ0) is 19.1. The van der Waals surface area contributed by atoms with Crippen LogP contribution < -0.4 is 10.9 Å². The molecule has 2 aromatic heterocycles. The molecule has 0 spiro atoms. The third kappa shape index (κ3) is 5.58. The zero-order valence-electron chi connectivity index (χ0n) is 16.1. The Labute approximate surface area is 163 Å². The number of carbonyl (C=O) groups excluding carboxylic acids is 1. The van der Waals surface area contributed by atoms with E-state index in [4.69, 9.17) is 0 Å². The van der Waals surface area contributed by atoms with Gasteiger partial charge in [-0.2, -0.15) is 0 Å². The maximum absolute atomic E-state index is 12.6. The number of aryl methyl sites for hydroxylation is 1. The molecule has 2 N–H and O–H groups in total. The van der Waals surface area contributed by atoms with E-state index in [2.05, 4.69) is 43.0 Å². The molecule has 0 aliphatic rings. The lowest BCUT2D eigenvalue weighted by Gasteiger charge is -2.08. The van der Waals surface area contributed by atoms with Crippen molar-refractivity contribution in [3.63, 3.8) is 0 Å². The highest BCUT2D eigenvalue weighted by atomic mass is 32.2. The second-order valence-electron chi connectivity index (χ2n) is 6.75. The summed E-state index contributed by atoms with van der Waals surface area (Å²) in [5.41, 5.74) is 1.03. The summed E-state index contributed by atoms with van der Waals surface area (Å²) < 4.78 is 0. The van der Waals surface area contributed by atoms with E-state index in [1.54, 1.807) is 11.3 Å². The van der Waals surface area contributed by atoms with Crippen LogP contribution in [-0.2, 0) is 11.2 Å². The molecular formula is C19H29N3O2S2. The summed E-state index contributed by atoms with van der Waals surface area (Å²) in [6.07, 6.45) is 5.25. The standard InChI is InChI=1S/C19H29N3O2S2/c1-5-7-8-9-20-15(23)11-25-19-21-17(24)16-14(10-12(3)6-2)13(4)26-18(16)22-19/h12H,5-11H2,1-4H3,(H,20,23)(H,21,22,24). The third-order valence-electron chi connectivity index (χ3n) is 4.53. The van der Waals surface area contributed by atoms with E-state index in [1.807, 2.05) is 0 Å². The Morgan fingerprint density at radius 1 is 1.35 bits per heavy atom. The Kier molecular flexibility index (Phi) is 8.15. The van der Waals surface area contributed by atoms with Gasteiger partial charge in [0.2, 0.25) is 5.91 Å². The van der Waals surface area contributed by atoms with Gasteiger partial charge in [-0.1, -0.05) is 51.8 Å². The van der Waals surface area contributed by atoms with Crippen LogP contribution in [0.4, 0.5) is 0 Å². The highest BCUT2D eigenvalue weighted by Gasteiger charge is 2.17. The van der Waals surface area contributed by atoms with Gasteiger partial charge < -0.3 is 10.3 Å². The van der Waals surface area contributed by atoms with Crippen LogP contribution in [0.15, 0.2) is 9.95 Å². The fourth-order valence-corrected chi connectivity index (χ4v) is 4.55. The molecule has 0 aliphatic carbocycles. The van der Waals surface area contributed by atoms with E-state index in [0.717, 1.165) is 52.8 Å². The first kappa shape index (κ1) is 21.0. The largest absolute Gasteiger partial charge is 0.355 e. The molecule has 2 heterocycles. The second kappa shape index (κ2) is 10.1. The molecule has 0 aliphatic heterocycles. The van der Waals surface area contributed by atoms with E-state index in [1.165, 1.54) is 11.8 Å². The number of H-pyrrole nitrogens is 1. The summed E-state index contributed by atoms with van der Waals surface area (Å²) in [4.78, 5) is 33.8. The number of nitrogens with zero attached hydrogens (tertiary/aromatic N) is 1. The molecule has 144 valence electrons. The molecular weight excluding hydrogens is 366 g/mol. The van der Waals surface area contributed by atoms with E-state index in [-0.39, 0.29) is 17.2 Å². The highest BCUT2D eigenvalue weighted by molar-refractivity contribution is 7.99. The number of thiophene rings is 1. The first-order chi connectivity index (χ1) is 12.5. The quantitative estimate of drug-likeness (QED) is 0.358. The molecule has 0 aromatic carbocycles. The molecule has 1 unspecified atom stereocenters. The normalized spacial score (nSPS) is 12.5. The van der Waals surface area contributed by atoms with Gasteiger partial charge in [0.25, 0.3) is 5.56 Å². The molecule has 0 saturated heterocycles. The number of hydrogen-bond donors (Lipinski definition) is 2. The molecule has 0 saturated carbocycles.